The van der Waals surface area contributed by atoms with Crippen LogP contribution in [0.3, 0.4) is 0 Å². The summed E-state index contributed by atoms with van der Waals surface area (Å²) in [5, 5.41) is 0. The normalized spacial score (nSPS) is 27.0. The maximum atomic E-state index is 3.32. The summed E-state index contributed by atoms with van der Waals surface area (Å²) in [5.74, 6) is 0. The topological polar surface area (TPSA) is 0 Å². The lowest BCUT2D eigenvalue weighted by Crippen LogP contribution is -1.81. The van der Waals surface area contributed by atoms with Crippen LogP contribution in [0.2, 0.25) is 0 Å². The van der Waals surface area contributed by atoms with Gasteiger partial charge in [0.2, 0.25) is 0 Å². The third-order valence-electron chi connectivity index (χ3n) is 3.01. The molecule has 1 aliphatic rings. The smallest absolute Gasteiger partial charge is 0.0276 e. The minimum atomic E-state index is 1.12. The van der Waals surface area contributed by atoms with Gasteiger partial charge in [-0.2, -0.15) is 0 Å². The molecule has 0 N–H and O–H groups in total. The van der Waals surface area contributed by atoms with Crippen LogP contribution >= 0.6 is 0 Å². The molecule has 0 aromatic rings. The number of hydrogen-bond acceptors (Lipinski definition) is 0. The third-order valence-corrected chi connectivity index (χ3v) is 3.01. The van der Waals surface area contributed by atoms with Crippen LogP contribution in [0.1, 0.15) is 64.2 Å². The van der Waals surface area contributed by atoms with Gasteiger partial charge in [0, 0.05) is 0 Å². The van der Waals surface area contributed by atoms with Gasteiger partial charge in [-0.3, -0.25) is 0 Å². The maximum Gasteiger partial charge on any atom is -0.0276 e. The molecule has 0 nitrogen and oxygen atoms in total. The summed E-state index contributed by atoms with van der Waals surface area (Å²) in [6.45, 7) is 0. The molecular weight excluding hydrogens is 192 g/mol. The first kappa shape index (κ1) is 13.3. The summed E-state index contributed by atoms with van der Waals surface area (Å²) in [4.78, 5) is 0. The van der Waals surface area contributed by atoms with E-state index in [1.807, 2.05) is 0 Å². The molecule has 0 aromatic carbocycles. The molecule has 0 heteroatoms. The lowest BCUT2D eigenvalue weighted by atomic mass is 10.1. The molecule has 1 rings (SSSR count). The molecule has 0 aliphatic heterocycles. The van der Waals surface area contributed by atoms with E-state index in [9.17, 15) is 0 Å². The minimum absolute atomic E-state index is 1.12. The lowest BCUT2D eigenvalue weighted by Gasteiger charge is -2.00. The molecule has 0 spiro atoms. The molecule has 0 fully saturated rings. The van der Waals surface area contributed by atoms with Crippen molar-refractivity contribution in [1.82, 2.24) is 0 Å². The molecule has 0 heterocycles. The van der Waals surface area contributed by atoms with Crippen molar-refractivity contribution in [1.29, 1.82) is 0 Å². The Morgan fingerprint density at radius 3 is 2.12 bits per heavy atom. The van der Waals surface area contributed by atoms with Crippen LogP contribution in [0.5, 0.6) is 0 Å². The highest BCUT2D eigenvalue weighted by atomic mass is 14.0. The second-order valence-electron chi connectivity index (χ2n) is 4.55. The van der Waals surface area contributed by atoms with Crippen molar-refractivity contribution in [2.45, 2.75) is 64.2 Å². The van der Waals surface area contributed by atoms with Gasteiger partial charge in [0.25, 0.3) is 0 Å². The first-order chi connectivity index (χ1) is 8.00. The van der Waals surface area contributed by atoms with Gasteiger partial charge in [-0.05, 0) is 31.8 Å². The monoisotopic (exact) mass is 217 g/mol. The fraction of sp³-hybridized carbons (Fsp3) is 0.625. The van der Waals surface area contributed by atoms with Gasteiger partial charge in [-0.1, -0.05) is 68.9 Å². The second kappa shape index (κ2) is 10.7. The van der Waals surface area contributed by atoms with Crippen LogP contribution in [0.15, 0.2) is 30.4 Å². The van der Waals surface area contributed by atoms with Crippen molar-refractivity contribution < 1.29 is 0 Å². The van der Waals surface area contributed by atoms with Gasteiger partial charge >= 0.3 is 0 Å². The molecular formula is C16H25. The van der Waals surface area contributed by atoms with Gasteiger partial charge in [0.05, 0.1) is 0 Å². The average molecular weight is 217 g/mol. The molecule has 0 amide bonds. The molecule has 0 bridgehead atoms. The average Bonchev–Trinajstić information content (AvgIpc) is 2.29. The molecule has 1 radical (unpaired) electrons. The van der Waals surface area contributed by atoms with E-state index in [1.165, 1.54) is 57.8 Å². The quantitative estimate of drug-likeness (QED) is 0.511. The number of allylic oxidation sites excluding steroid dienone is 6. The van der Waals surface area contributed by atoms with Gasteiger partial charge in [-0.25, -0.2) is 0 Å². The van der Waals surface area contributed by atoms with Crippen molar-refractivity contribution in [3.05, 3.63) is 36.5 Å². The van der Waals surface area contributed by atoms with Crippen molar-refractivity contribution in [2.75, 3.05) is 0 Å². The molecule has 0 saturated heterocycles. The third kappa shape index (κ3) is 8.52. The fourth-order valence-corrected chi connectivity index (χ4v) is 2.00. The molecule has 0 saturated carbocycles. The Morgan fingerprint density at radius 2 is 1.31 bits per heavy atom. The number of hydrogen-bond donors (Lipinski definition) is 0. The van der Waals surface area contributed by atoms with E-state index in [0.29, 0.717) is 0 Å². The Kier molecular flexibility index (Phi) is 8.91. The highest BCUT2D eigenvalue weighted by Gasteiger charge is 1.91. The highest BCUT2D eigenvalue weighted by Crippen LogP contribution is 2.11. The Morgan fingerprint density at radius 1 is 0.625 bits per heavy atom. The standard InChI is InChI=1S/C16H25/c1-2-4-6-8-10-12-14-16-15-13-11-9-7-5-3-1/h1-5H,6,8-16H2/b3-1+,4-2+,7-5?. The molecule has 1 aliphatic carbocycles. The predicted octanol–water partition coefficient (Wildman–Crippen LogP) is 5.37. The largest absolute Gasteiger partial charge is 0.0845 e. The van der Waals surface area contributed by atoms with Gasteiger partial charge < -0.3 is 0 Å². The zero-order valence-electron chi connectivity index (χ0n) is 10.5. The highest BCUT2D eigenvalue weighted by molar-refractivity contribution is 5.09. The summed E-state index contributed by atoms with van der Waals surface area (Å²) < 4.78 is 0. The Labute approximate surface area is 101 Å². The van der Waals surface area contributed by atoms with Crippen LogP contribution in [-0.2, 0) is 0 Å². The molecule has 0 atom stereocenters. The second-order valence-corrected chi connectivity index (χ2v) is 4.55. The van der Waals surface area contributed by atoms with Crippen LogP contribution in [-0.4, -0.2) is 0 Å². The molecule has 89 valence electrons. The SMILES string of the molecule is [C]1=C/C=C/C=C/CCCCCCCCCC\1. The minimum Gasteiger partial charge on any atom is -0.0845 e. The summed E-state index contributed by atoms with van der Waals surface area (Å²) in [5.41, 5.74) is 0. The molecule has 0 aromatic heterocycles. The molecule has 16 heavy (non-hydrogen) atoms. The zero-order chi connectivity index (χ0) is 11.3. The van der Waals surface area contributed by atoms with E-state index >= 15 is 0 Å². The van der Waals surface area contributed by atoms with Gasteiger partial charge in [0.15, 0.2) is 0 Å². The van der Waals surface area contributed by atoms with Gasteiger partial charge in [-0.15, -0.1) is 0 Å². The number of rotatable bonds is 0. The first-order valence-corrected chi connectivity index (χ1v) is 6.88. The Bertz CT molecular complexity index is 196. The van der Waals surface area contributed by atoms with E-state index in [4.69, 9.17) is 0 Å². The maximum absolute atomic E-state index is 3.32. The van der Waals surface area contributed by atoms with E-state index in [2.05, 4.69) is 36.5 Å². The first-order valence-electron chi connectivity index (χ1n) is 6.88. The van der Waals surface area contributed by atoms with Crippen LogP contribution in [0.4, 0.5) is 0 Å². The fourth-order valence-electron chi connectivity index (χ4n) is 2.00. The van der Waals surface area contributed by atoms with Crippen LogP contribution < -0.4 is 0 Å². The predicted molar refractivity (Wildman–Crippen MR) is 72.3 cm³/mol. The van der Waals surface area contributed by atoms with Crippen molar-refractivity contribution in [2.24, 2.45) is 0 Å². The summed E-state index contributed by atoms with van der Waals surface area (Å²) >= 11 is 0. The summed E-state index contributed by atoms with van der Waals surface area (Å²) in [6, 6.07) is 0. The Balaban J connectivity index is 2.23. The Hall–Kier alpha value is -0.780. The van der Waals surface area contributed by atoms with E-state index in [1.54, 1.807) is 0 Å². The lowest BCUT2D eigenvalue weighted by molar-refractivity contribution is 0.570. The zero-order valence-corrected chi connectivity index (χ0v) is 10.5. The summed E-state index contributed by atoms with van der Waals surface area (Å²) in [7, 11) is 0. The van der Waals surface area contributed by atoms with E-state index in [-0.39, 0.29) is 0 Å². The van der Waals surface area contributed by atoms with Crippen molar-refractivity contribution in [3.63, 3.8) is 0 Å². The van der Waals surface area contributed by atoms with Crippen molar-refractivity contribution >= 4 is 0 Å². The van der Waals surface area contributed by atoms with Crippen molar-refractivity contribution in [3.8, 4) is 0 Å². The van der Waals surface area contributed by atoms with E-state index in [0.717, 1.165) is 6.42 Å². The van der Waals surface area contributed by atoms with Gasteiger partial charge in [0.1, 0.15) is 0 Å². The summed E-state index contributed by atoms with van der Waals surface area (Å²) in [6.07, 6.45) is 27.5. The van der Waals surface area contributed by atoms with Crippen LogP contribution in [0, 0.1) is 6.08 Å². The molecule has 0 unspecified atom stereocenters. The van der Waals surface area contributed by atoms with E-state index < -0.39 is 0 Å². The van der Waals surface area contributed by atoms with Crippen LogP contribution in [0.25, 0.3) is 0 Å².